The van der Waals surface area contributed by atoms with Crippen molar-refractivity contribution in [1.82, 2.24) is 4.90 Å². The molecule has 0 spiro atoms. The van der Waals surface area contributed by atoms with Gasteiger partial charge in [-0.05, 0) is 46.3 Å². The number of nitrogens with one attached hydrogen (secondary N) is 1. The van der Waals surface area contributed by atoms with E-state index >= 15 is 0 Å². The van der Waals surface area contributed by atoms with Gasteiger partial charge in [-0.25, -0.2) is 0 Å². The van der Waals surface area contributed by atoms with Crippen molar-refractivity contribution in [1.29, 1.82) is 0 Å². The van der Waals surface area contributed by atoms with Gasteiger partial charge in [0.1, 0.15) is 23.8 Å². The number of rotatable bonds is 6. The molecule has 2 aromatic rings. The summed E-state index contributed by atoms with van der Waals surface area (Å²) >= 11 is 3.45. The SMILES string of the molecule is O=C1C=C(Nc2ccc(-c3ccc(CO)o3)c(Br)c2)C(=O)N1CCO. The zero-order chi connectivity index (χ0) is 18.0. The van der Waals surface area contributed by atoms with Crippen LogP contribution in [0, 0.1) is 0 Å². The maximum absolute atomic E-state index is 12.1. The number of imide groups is 1. The predicted molar refractivity (Wildman–Crippen MR) is 93.3 cm³/mol. The minimum absolute atomic E-state index is 0.0341. The number of furan rings is 1. The molecule has 1 aromatic heterocycles. The zero-order valence-electron chi connectivity index (χ0n) is 13.0. The highest BCUT2D eigenvalue weighted by Crippen LogP contribution is 2.32. The van der Waals surface area contributed by atoms with Crippen LogP contribution in [0.3, 0.4) is 0 Å². The summed E-state index contributed by atoms with van der Waals surface area (Å²) < 4.78 is 6.23. The van der Waals surface area contributed by atoms with Crippen molar-refractivity contribution in [3.8, 4) is 11.3 Å². The number of aliphatic hydroxyl groups is 2. The van der Waals surface area contributed by atoms with Gasteiger partial charge in [0.2, 0.25) is 0 Å². The first kappa shape index (κ1) is 17.4. The average Bonchev–Trinajstić information content (AvgIpc) is 3.16. The quantitative estimate of drug-likeness (QED) is 0.632. The number of nitrogens with zero attached hydrogens (tertiary/aromatic N) is 1. The van der Waals surface area contributed by atoms with Crippen molar-refractivity contribution >= 4 is 33.4 Å². The van der Waals surface area contributed by atoms with Gasteiger partial charge in [-0.15, -0.1) is 0 Å². The molecule has 3 rings (SSSR count). The van der Waals surface area contributed by atoms with Gasteiger partial charge in [-0.2, -0.15) is 0 Å². The molecule has 0 saturated heterocycles. The maximum atomic E-state index is 12.1. The molecule has 7 nitrogen and oxygen atoms in total. The second kappa shape index (κ2) is 7.22. The van der Waals surface area contributed by atoms with E-state index in [1.54, 1.807) is 30.3 Å². The molecule has 1 aliphatic heterocycles. The number of benzene rings is 1. The summed E-state index contributed by atoms with van der Waals surface area (Å²) in [5.74, 6) is 0.137. The Morgan fingerprint density at radius 2 is 1.96 bits per heavy atom. The maximum Gasteiger partial charge on any atom is 0.277 e. The molecule has 1 aliphatic rings. The van der Waals surface area contributed by atoms with E-state index in [0.29, 0.717) is 17.2 Å². The Hall–Kier alpha value is -2.42. The van der Waals surface area contributed by atoms with Crippen LogP contribution in [0.2, 0.25) is 0 Å². The molecule has 0 fully saturated rings. The number of β-amino-alcohol motifs (C(OH)–C–C–N with tert-alkyl or cyclic N) is 1. The molecule has 0 bridgehead atoms. The standard InChI is InChI=1S/C17H15BrN2O5/c18-13-7-10(1-3-12(13)15-4-2-11(9-22)25-15)19-14-8-16(23)20(5-6-21)17(14)24/h1-4,7-8,19,21-22H,5-6,9H2. The number of aliphatic hydroxyl groups excluding tert-OH is 2. The summed E-state index contributed by atoms with van der Waals surface area (Å²) in [4.78, 5) is 24.9. The molecule has 2 amide bonds. The molecular weight excluding hydrogens is 392 g/mol. The number of hydrogen-bond acceptors (Lipinski definition) is 6. The van der Waals surface area contributed by atoms with Crippen molar-refractivity contribution in [3.63, 3.8) is 0 Å². The smallest absolute Gasteiger partial charge is 0.277 e. The molecular formula is C17H15BrN2O5. The molecule has 8 heteroatoms. The Balaban J connectivity index is 1.79. The molecule has 25 heavy (non-hydrogen) atoms. The average molecular weight is 407 g/mol. The highest BCUT2D eigenvalue weighted by Gasteiger charge is 2.30. The lowest BCUT2D eigenvalue weighted by atomic mass is 10.1. The van der Waals surface area contributed by atoms with Crippen LogP contribution in [0.25, 0.3) is 11.3 Å². The van der Waals surface area contributed by atoms with Crippen LogP contribution in [-0.2, 0) is 16.2 Å². The number of anilines is 1. The van der Waals surface area contributed by atoms with Crippen molar-refractivity contribution in [3.05, 3.63) is 52.3 Å². The summed E-state index contributed by atoms with van der Waals surface area (Å²) in [5.41, 5.74) is 1.55. The lowest BCUT2D eigenvalue weighted by molar-refractivity contribution is -0.137. The van der Waals surface area contributed by atoms with Gasteiger partial charge in [0.05, 0.1) is 13.2 Å². The topological polar surface area (TPSA) is 103 Å². The van der Waals surface area contributed by atoms with Gasteiger partial charge in [0, 0.05) is 21.8 Å². The first-order valence-electron chi connectivity index (χ1n) is 7.48. The van der Waals surface area contributed by atoms with Crippen LogP contribution in [0.1, 0.15) is 5.76 Å². The predicted octanol–water partition coefficient (Wildman–Crippen LogP) is 1.86. The Labute approximate surface area is 151 Å². The number of amides is 2. The number of halogens is 1. The first-order chi connectivity index (χ1) is 12.0. The summed E-state index contributed by atoms with van der Waals surface area (Å²) in [5, 5.41) is 20.9. The van der Waals surface area contributed by atoms with Gasteiger partial charge in [0.25, 0.3) is 11.8 Å². The van der Waals surface area contributed by atoms with Gasteiger partial charge < -0.3 is 19.9 Å². The lowest BCUT2D eigenvalue weighted by Gasteiger charge is -2.13. The van der Waals surface area contributed by atoms with E-state index in [1.165, 1.54) is 6.08 Å². The Kier molecular flexibility index (Phi) is 5.03. The number of carbonyl (C=O) groups is 2. The fraction of sp³-hybridized carbons (Fsp3) is 0.176. The van der Waals surface area contributed by atoms with Gasteiger partial charge in [-0.1, -0.05) is 0 Å². The second-order valence-electron chi connectivity index (χ2n) is 5.32. The summed E-state index contributed by atoms with van der Waals surface area (Å²) in [7, 11) is 0. The largest absolute Gasteiger partial charge is 0.459 e. The molecule has 0 aliphatic carbocycles. The van der Waals surface area contributed by atoms with Crippen molar-refractivity contribution in [2.24, 2.45) is 0 Å². The van der Waals surface area contributed by atoms with E-state index in [0.717, 1.165) is 14.9 Å². The third kappa shape index (κ3) is 3.51. The normalized spacial score (nSPS) is 14.2. The Bertz CT molecular complexity index is 858. The molecule has 130 valence electrons. The molecule has 3 N–H and O–H groups in total. The van der Waals surface area contributed by atoms with E-state index in [2.05, 4.69) is 21.2 Å². The third-order valence-corrected chi connectivity index (χ3v) is 4.32. The van der Waals surface area contributed by atoms with Crippen molar-refractivity contribution < 1.29 is 24.2 Å². The van der Waals surface area contributed by atoms with E-state index in [9.17, 15) is 9.59 Å². The molecule has 0 saturated carbocycles. The fourth-order valence-electron chi connectivity index (χ4n) is 2.47. The molecule has 0 atom stereocenters. The second-order valence-corrected chi connectivity index (χ2v) is 6.17. The van der Waals surface area contributed by atoms with Gasteiger partial charge in [0.15, 0.2) is 0 Å². The molecule has 0 radical (unpaired) electrons. The first-order valence-corrected chi connectivity index (χ1v) is 8.27. The van der Waals surface area contributed by atoms with E-state index in [1.807, 2.05) is 0 Å². The lowest BCUT2D eigenvalue weighted by Crippen LogP contribution is -2.34. The van der Waals surface area contributed by atoms with E-state index < -0.39 is 11.8 Å². The van der Waals surface area contributed by atoms with Crippen LogP contribution >= 0.6 is 15.9 Å². The van der Waals surface area contributed by atoms with Crippen molar-refractivity contribution in [2.75, 3.05) is 18.5 Å². The monoisotopic (exact) mass is 406 g/mol. The number of carbonyl (C=O) groups excluding carboxylic acids is 2. The van der Waals surface area contributed by atoms with Gasteiger partial charge in [-0.3, -0.25) is 14.5 Å². The fourth-order valence-corrected chi connectivity index (χ4v) is 3.04. The van der Waals surface area contributed by atoms with Gasteiger partial charge >= 0.3 is 0 Å². The Morgan fingerprint density at radius 3 is 2.60 bits per heavy atom. The van der Waals surface area contributed by atoms with Crippen LogP contribution in [-0.4, -0.2) is 40.1 Å². The molecule has 0 unspecified atom stereocenters. The molecule has 2 heterocycles. The number of hydrogen-bond donors (Lipinski definition) is 3. The summed E-state index contributed by atoms with van der Waals surface area (Å²) in [6.07, 6.45) is 1.21. The van der Waals surface area contributed by atoms with Crippen LogP contribution < -0.4 is 5.32 Å². The van der Waals surface area contributed by atoms with E-state index in [-0.39, 0.29) is 25.5 Å². The van der Waals surface area contributed by atoms with Crippen LogP contribution in [0.15, 0.2) is 51.0 Å². The van der Waals surface area contributed by atoms with Crippen LogP contribution in [0.5, 0.6) is 0 Å². The Morgan fingerprint density at radius 1 is 1.16 bits per heavy atom. The van der Waals surface area contributed by atoms with Crippen LogP contribution in [0.4, 0.5) is 5.69 Å². The summed E-state index contributed by atoms with van der Waals surface area (Å²) in [6, 6.07) is 8.74. The minimum Gasteiger partial charge on any atom is -0.459 e. The third-order valence-electron chi connectivity index (χ3n) is 3.66. The molecule has 1 aromatic carbocycles. The minimum atomic E-state index is -0.474. The highest BCUT2D eigenvalue weighted by atomic mass is 79.9. The van der Waals surface area contributed by atoms with E-state index in [4.69, 9.17) is 14.6 Å². The zero-order valence-corrected chi connectivity index (χ0v) is 14.6. The summed E-state index contributed by atoms with van der Waals surface area (Å²) in [6.45, 7) is -0.489. The van der Waals surface area contributed by atoms with Crippen molar-refractivity contribution in [2.45, 2.75) is 6.61 Å². The highest BCUT2D eigenvalue weighted by molar-refractivity contribution is 9.10.